The van der Waals surface area contributed by atoms with Gasteiger partial charge in [0.2, 0.25) is 0 Å². The summed E-state index contributed by atoms with van der Waals surface area (Å²) in [6, 6.07) is 11.6. The van der Waals surface area contributed by atoms with Gasteiger partial charge in [0.25, 0.3) is 11.7 Å². The van der Waals surface area contributed by atoms with Crippen molar-refractivity contribution in [1.29, 1.82) is 0 Å². The molecule has 3 aromatic rings. The van der Waals surface area contributed by atoms with Crippen molar-refractivity contribution < 1.29 is 39.2 Å². The van der Waals surface area contributed by atoms with Crippen molar-refractivity contribution in [3.05, 3.63) is 95.1 Å². The molecule has 1 saturated heterocycles. The van der Waals surface area contributed by atoms with Gasteiger partial charge in [-0.15, -0.1) is 0 Å². The number of amides is 1. The standard InChI is InChI=1S/C27H27N3O4.C2H2O4/c1-3-4-14-34-22-8-7-21(15-18(22)2)25(31)23-24(20-9-12-28-13-10-20)30(27(33)26(23)32)17-19-6-5-11-29-16-19;3-1(4)2(5)6/h5-13,15-16,24,31H,3-4,14,17H2,1-2H3;(H,3,4)(H,5,6)/b25-23+;. The van der Waals surface area contributed by atoms with E-state index in [0.29, 0.717) is 17.7 Å². The van der Waals surface area contributed by atoms with Crippen LogP contribution < -0.4 is 4.74 Å². The number of nitrogens with zero attached hydrogens (tertiary/aromatic N) is 3. The molecule has 1 amide bonds. The molecule has 208 valence electrons. The van der Waals surface area contributed by atoms with E-state index in [1.54, 1.807) is 61.2 Å². The second-order valence-electron chi connectivity index (χ2n) is 8.86. The number of benzene rings is 1. The van der Waals surface area contributed by atoms with E-state index in [-0.39, 0.29) is 17.9 Å². The number of aromatic nitrogens is 2. The minimum absolute atomic E-state index is 0.0548. The Morgan fingerprint density at radius 1 is 0.975 bits per heavy atom. The van der Waals surface area contributed by atoms with Crippen LogP contribution in [0.15, 0.2) is 72.8 Å². The molecule has 3 heterocycles. The lowest BCUT2D eigenvalue weighted by atomic mass is 9.95. The fourth-order valence-corrected chi connectivity index (χ4v) is 4.06. The van der Waals surface area contributed by atoms with Crippen LogP contribution in [0, 0.1) is 6.92 Å². The first-order chi connectivity index (χ1) is 19.1. The first-order valence-electron chi connectivity index (χ1n) is 12.4. The van der Waals surface area contributed by atoms with E-state index < -0.39 is 29.7 Å². The van der Waals surface area contributed by atoms with Crippen LogP contribution in [0.4, 0.5) is 0 Å². The Morgan fingerprint density at radius 3 is 2.25 bits per heavy atom. The van der Waals surface area contributed by atoms with E-state index in [9.17, 15) is 14.7 Å². The molecule has 2 aromatic heterocycles. The lowest BCUT2D eigenvalue weighted by Gasteiger charge is -2.25. The van der Waals surface area contributed by atoms with Crippen molar-refractivity contribution >= 4 is 29.4 Å². The number of carbonyl (C=O) groups excluding carboxylic acids is 2. The highest BCUT2D eigenvalue weighted by molar-refractivity contribution is 6.46. The maximum absolute atomic E-state index is 13.2. The molecule has 1 fully saturated rings. The van der Waals surface area contributed by atoms with Crippen LogP contribution in [0.5, 0.6) is 5.75 Å². The largest absolute Gasteiger partial charge is 0.507 e. The summed E-state index contributed by atoms with van der Waals surface area (Å²) >= 11 is 0. The molecule has 1 aromatic carbocycles. The monoisotopic (exact) mass is 547 g/mol. The molecule has 11 heteroatoms. The first kappa shape index (κ1) is 29.5. The number of aryl methyl sites for hydroxylation is 1. The Morgan fingerprint density at radius 2 is 1.68 bits per heavy atom. The number of carbonyl (C=O) groups is 4. The summed E-state index contributed by atoms with van der Waals surface area (Å²) in [7, 11) is 0. The van der Waals surface area contributed by atoms with Gasteiger partial charge in [0.05, 0.1) is 18.2 Å². The van der Waals surface area contributed by atoms with Crippen molar-refractivity contribution in [3.63, 3.8) is 0 Å². The average molecular weight is 548 g/mol. The lowest BCUT2D eigenvalue weighted by Crippen LogP contribution is -2.29. The SMILES string of the molecule is CCCCOc1ccc(/C(O)=C2\C(=O)C(=O)N(Cc3cccnc3)C2c2ccncc2)cc1C.O=C(O)C(=O)O. The number of aliphatic carboxylic acids is 2. The molecule has 0 spiro atoms. The number of carboxylic acid groups (broad SMARTS) is 2. The first-order valence-corrected chi connectivity index (χ1v) is 12.4. The van der Waals surface area contributed by atoms with Gasteiger partial charge in [-0.3, -0.25) is 19.6 Å². The molecule has 0 aliphatic carbocycles. The number of aliphatic hydroxyl groups is 1. The van der Waals surface area contributed by atoms with Gasteiger partial charge < -0.3 is 25.0 Å². The maximum atomic E-state index is 13.2. The quantitative estimate of drug-likeness (QED) is 0.164. The smallest absolute Gasteiger partial charge is 0.414 e. The number of unbranched alkanes of at least 4 members (excludes halogenated alkanes) is 1. The van der Waals surface area contributed by atoms with Gasteiger partial charge in [-0.1, -0.05) is 19.4 Å². The van der Waals surface area contributed by atoms with Gasteiger partial charge >= 0.3 is 11.9 Å². The number of ether oxygens (including phenoxy) is 1. The Labute approximate surface area is 230 Å². The van der Waals surface area contributed by atoms with E-state index in [1.165, 1.54) is 4.90 Å². The number of likely N-dealkylation sites (tertiary alicyclic amines) is 1. The Bertz CT molecular complexity index is 1400. The number of pyridine rings is 2. The van der Waals surface area contributed by atoms with Crippen molar-refractivity contribution in [3.8, 4) is 5.75 Å². The van der Waals surface area contributed by atoms with Crippen molar-refractivity contribution in [1.82, 2.24) is 14.9 Å². The third-order valence-electron chi connectivity index (χ3n) is 6.02. The average Bonchev–Trinajstić information content (AvgIpc) is 3.20. The van der Waals surface area contributed by atoms with E-state index in [4.69, 9.17) is 24.5 Å². The molecule has 1 unspecified atom stereocenters. The fourth-order valence-electron chi connectivity index (χ4n) is 4.06. The van der Waals surface area contributed by atoms with Gasteiger partial charge in [0.1, 0.15) is 11.5 Å². The highest BCUT2D eigenvalue weighted by Gasteiger charge is 2.46. The van der Waals surface area contributed by atoms with Crippen molar-refractivity contribution in [2.75, 3.05) is 6.61 Å². The number of carboxylic acids is 2. The topological polar surface area (TPSA) is 167 Å². The summed E-state index contributed by atoms with van der Waals surface area (Å²) in [6.07, 6.45) is 8.50. The summed E-state index contributed by atoms with van der Waals surface area (Å²) in [5.74, 6) is -4.51. The molecular formula is C29H29N3O8. The zero-order valence-electron chi connectivity index (χ0n) is 22.0. The number of hydrogen-bond donors (Lipinski definition) is 3. The number of Topliss-reactive ketones (excluding diaryl/α,β-unsaturated/α-hetero) is 1. The van der Waals surface area contributed by atoms with Gasteiger partial charge in [-0.2, -0.15) is 0 Å². The molecule has 3 N–H and O–H groups in total. The summed E-state index contributed by atoms with van der Waals surface area (Å²) in [6.45, 7) is 4.79. The summed E-state index contributed by atoms with van der Waals surface area (Å²) < 4.78 is 5.81. The molecule has 4 rings (SSSR count). The Balaban J connectivity index is 0.000000663. The Kier molecular flexibility index (Phi) is 10.1. The minimum Gasteiger partial charge on any atom is -0.507 e. The lowest BCUT2D eigenvalue weighted by molar-refractivity contribution is -0.159. The molecule has 1 aliphatic rings. The molecule has 11 nitrogen and oxygen atoms in total. The fraction of sp³-hybridized carbons (Fsp3) is 0.241. The van der Waals surface area contributed by atoms with E-state index >= 15 is 0 Å². The van der Waals surface area contributed by atoms with Crippen LogP contribution >= 0.6 is 0 Å². The number of hydrogen-bond acceptors (Lipinski definition) is 8. The number of rotatable bonds is 8. The van der Waals surface area contributed by atoms with Crippen LogP contribution in [0.3, 0.4) is 0 Å². The van der Waals surface area contributed by atoms with Gasteiger partial charge in [0, 0.05) is 36.9 Å². The van der Waals surface area contributed by atoms with Gasteiger partial charge in [0.15, 0.2) is 0 Å². The van der Waals surface area contributed by atoms with Crippen LogP contribution in [-0.4, -0.2) is 60.4 Å². The van der Waals surface area contributed by atoms with Gasteiger partial charge in [-0.05, 0) is 66.4 Å². The summed E-state index contributed by atoms with van der Waals surface area (Å²) in [5.41, 5.74) is 2.83. The van der Waals surface area contributed by atoms with E-state index in [0.717, 1.165) is 29.7 Å². The second-order valence-corrected chi connectivity index (χ2v) is 8.86. The van der Waals surface area contributed by atoms with E-state index in [2.05, 4.69) is 16.9 Å². The second kappa shape index (κ2) is 13.7. The zero-order valence-corrected chi connectivity index (χ0v) is 22.0. The van der Waals surface area contributed by atoms with Crippen molar-refractivity contribution in [2.45, 2.75) is 39.3 Å². The maximum Gasteiger partial charge on any atom is 0.414 e. The normalized spacial score (nSPS) is 15.8. The third-order valence-corrected chi connectivity index (χ3v) is 6.02. The highest BCUT2D eigenvalue weighted by atomic mass is 16.5. The molecule has 1 atom stereocenters. The summed E-state index contributed by atoms with van der Waals surface area (Å²) in [4.78, 5) is 54.1. The number of ketones is 1. The molecule has 1 aliphatic heterocycles. The number of aliphatic hydroxyl groups excluding tert-OH is 1. The molecule has 0 bridgehead atoms. The zero-order chi connectivity index (χ0) is 29.2. The van der Waals surface area contributed by atoms with Crippen molar-refractivity contribution in [2.24, 2.45) is 0 Å². The Hall–Kier alpha value is -5.06. The predicted octanol–water partition coefficient (Wildman–Crippen LogP) is 3.74. The van der Waals surface area contributed by atoms with Crippen LogP contribution in [-0.2, 0) is 25.7 Å². The molecule has 40 heavy (non-hydrogen) atoms. The van der Waals surface area contributed by atoms with Crippen LogP contribution in [0.25, 0.3) is 5.76 Å². The van der Waals surface area contributed by atoms with Gasteiger partial charge in [-0.25, -0.2) is 9.59 Å². The van der Waals surface area contributed by atoms with Crippen LogP contribution in [0.2, 0.25) is 0 Å². The van der Waals surface area contributed by atoms with Crippen LogP contribution in [0.1, 0.15) is 48.1 Å². The molecule has 0 radical (unpaired) electrons. The molecule has 0 saturated carbocycles. The summed E-state index contributed by atoms with van der Waals surface area (Å²) in [5, 5.41) is 26.0. The highest BCUT2D eigenvalue weighted by Crippen LogP contribution is 2.40. The third kappa shape index (κ3) is 7.07. The molecular weight excluding hydrogens is 518 g/mol. The predicted molar refractivity (Wildman–Crippen MR) is 143 cm³/mol. The minimum atomic E-state index is -1.82. The van der Waals surface area contributed by atoms with E-state index in [1.807, 2.05) is 13.0 Å².